The molecule has 0 amide bonds. The molecule has 0 aromatic carbocycles. The summed E-state index contributed by atoms with van der Waals surface area (Å²) in [6.07, 6.45) is 3.05. The molecule has 2 aliphatic rings. The average Bonchev–Trinajstić information content (AvgIpc) is 2.91. The van der Waals surface area contributed by atoms with Crippen molar-refractivity contribution in [2.75, 3.05) is 24.5 Å². The monoisotopic (exact) mass is 372 g/mol. The number of fused-ring (bicyclic) bond motifs is 1. The number of aromatic nitrogens is 4. The van der Waals surface area contributed by atoms with E-state index >= 15 is 0 Å². The molecule has 0 aliphatic carbocycles. The van der Waals surface area contributed by atoms with Crippen molar-refractivity contribution in [3.8, 4) is 0 Å². The Morgan fingerprint density at radius 2 is 2.04 bits per heavy atom. The third-order valence-corrected chi connectivity index (χ3v) is 5.37. The molecular formula is C19H28N6O2. The third-order valence-electron chi connectivity index (χ3n) is 5.37. The molecule has 1 fully saturated rings. The van der Waals surface area contributed by atoms with E-state index in [1.54, 1.807) is 0 Å². The highest BCUT2D eigenvalue weighted by Gasteiger charge is 2.27. The molecule has 27 heavy (non-hydrogen) atoms. The molecule has 2 atom stereocenters. The van der Waals surface area contributed by atoms with Crippen LogP contribution < -0.4 is 10.5 Å². The molecule has 4 rings (SSSR count). The van der Waals surface area contributed by atoms with E-state index in [0.29, 0.717) is 12.5 Å². The van der Waals surface area contributed by atoms with Gasteiger partial charge in [-0.1, -0.05) is 0 Å². The van der Waals surface area contributed by atoms with Crippen LogP contribution >= 0.6 is 0 Å². The highest BCUT2D eigenvalue weighted by atomic mass is 16.5. The molecule has 8 nitrogen and oxygen atoms in total. The largest absolute Gasteiger partial charge is 0.372 e. The van der Waals surface area contributed by atoms with Crippen LogP contribution in [0.4, 0.5) is 5.95 Å². The maximum atomic E-state index is 12.6. The minimum atomic E-state index is -0.000920. The Kier molecular flexibility index (Phi) is 4.77. The van der Waals surface area contributed by atoms with Gasteiger partial charge in [0.15, 0.2) is 0 Å². The summed E-state index contributed by atoms with van der Waals surface area (Å²) >= 11 is 0. The van der Waals surface area contributed by atoms with Crippen LogP contribution in [0.1, 0.15) is 36.4 Å². The molecule has 0 saturated carbocycles. The number of ether oxygens (including phenoxy) is 1. The SMILES string of the molecule is Cc1nn(C)cc1CN1CCc2c(nc(N3C[C@@H](C)O[C@H](C)C3)[nH]c2=O)C1. The van der Waals surface area contributed by atoms with E-state index in [1.807, 2.05) is 18.7 Å². The first-order valence-corrected chi connectivity index (χ1v) is 9.63. The minimum Gasteiger partial charge on any atom is -0.372 e. The summed E-state index contributed by atoms with van der Waals surface area (Å²) in [6.45, 7) is 10.0. The topological polar surface area (TPSA) is 79.3 Å². The van der Waals surface area contributed by atoms with Gasteiger partial charge in [-0.3, -0.25) is 19.4 Å². The lowest BCUT2D eigenvalue weighted by Gasteiger charge is -2.36. The van der Waals surface area contributed by atoms with Gasteiger partial charge in [0, 0.05) is 57.1 Å². The van der Waals surface area contributed by atoms with Crippen molar-refractivity contribution in [2.45, 2.75) is 52.5 Å². The Bertz CT molecular complexity index is 879. The highest BCUT2D eigenvalue weighted by Crippen LogP contribution is 2.21. The maximum Gasteiger partial charge on any atom is 0.255 e. The van der Waals surface area contributed by atoms with Crippen LogP contribution in [-0.2, 0) is 31.3 Å². The summed E-state index contributed by atoms with van der Waals surface area (Å²) in [6, 6.07) is 0. The number of aromatic amines is 1. The maximum absolute atomic E-state index is 12.6. The van der Waals surface area contributed by atoms with E-state index in [9.17, 15) is 4.79 Å². The summed E-state index contributed by atoms with van der Waals surface area (Å²) in [7, 11) is 1.94. The molecular weight excluding hydrogens is 344 g/mol. The van der Waals surface area contributed by atoms with Gasteiger partial charge in [-0.05, 0) is 27.2 Å². The molecule has 146 valence electrons. The van der Waals surface area contributed by atoms with Crippen molar-refractivity contribution in [2.24, 2.45) is 7.05 Å². The minimum absolute atomic E-state index is 0.000920. The van der Waals surface area contributed by atoms with Crippen LogP contribution in [0.15, 0.2) is 11.0 Å². The Labute approximate surface area is 159 Å². The standard InChI is InChI=1S/C19H28N6O2/c1-12-7-25(8-13(2)27-12)19-20-17-11-24(6-5-16(17)18(26)21-19)10-15-9-23(4)22-14(15)3/h9,12-13H,5-8,10-11H2,1-4H3,(H,20,21,26)/t12-,13-/m1/s1. The molecule has 1 N–H and O–H groups in total. The van der Waals surface area contributed by atoms with Crippen LogP contribution in [0.5, 0.6) is 0 Å². The normalized spacial score (nSPS) is 23.5. The molecule has 0 spiro atoms. The summed E-state index contributed by atoms with van der Waals surface area (Å²) in [5.41, 5.74) is 4.00. The second kappa shape index (κ2) is 7.09. The number of hydrogen-bond donors (Lipinski definition) is 1. The number of morpholine rings is 1. The molecule has 8 heteroatoms. The van der Waals surface area contributed by atoms with Crippen LogP contribution in [0.2, 0.25) is 0 Å². The van der Waals surface area contributed by atoms with Crippen LogP contribution in [-0.4, -0.2) is 56.5 Å². The van der Waals surface area contributed by atoms with Gasteiger partial charge < -0.3 is 9.64 Å². The van der Waals surface area contributed by atoms with Gasteiger partial charge in [-0.15, -0.1) is 0 Å². The van der Waals surface area contributed by atoms with Crippen molar-refractivity contribution in [3.05, 3.63) is 39.1 Å². The van der Waals surface area contributed by atoms with E-state index in [2.05, 4.69) is 39.9 Å². The number of nitrogens with one attached hydrogen (secondary N) is 1. The number of nitrogens with zero attached hydrogens (tertiary/aromatic N) is 5. The quantitative estimate of drug-likeness (QED) is 0.865. The number of aryl methyl sites for hydroxylation is 2. The zero-order valence-electron chi connectivity index (χ0n) is 16.5. The van der Waals surface area contributed by atoms with E-state index in [4.69, 9.17) is 9.72 Å². The fourth-order valence-electron chi connectivity index (χ4n) is 4.16. The fraction of sp³-hybridized carbons (Fsp3) is 0.632. The number of hydrogen-bond acceptors (Lipinski definition) is 6. The van der Waals surface area contributed by atoms with E-state index in [0.717, 1.165) is 49.6 Å². The van der Waals surface area contributed by atoms with E-state index in [1.165, 1.54) is 5.56 Å². The van der Waals surface area contributed by atoms with Crippen molar-refractivity contribution in [3.63, 3.8) is 0 Å². The Morgan fingerprint density at radius 3 is 2.70 bits per heavy atom. The first-order valence-electron chi connectivity index (χ1n) is 9.63. The lowest BCUT2D eigenvalue weighted by Crippen LogP contribution is -2.47. The van der Waals surface area contributed by atoms with Crippen LogP contribution in [0.25, 0.3) is 0 Å². The predicted molar refractivity (Wildman–Crippen MR) is 103 cm³/mol. The van der Waals surface area contributed by atoms with E-state index < -0.39 is 0 Å². The molecule has 0 bridgehead atoms. The lowest BCUT2D eigenvalue weighted by molar-refractivity contribution is -0.00576. The molecule has 2 aromatic heterocycles. The Morgan fingerprint density at radius 1 is 1.30 bits per heavy atom. The van der Waals surface area contributed by atoms with Gasteiger partial charge in [0.25, 0.3) is 5.56 Å². The van der Waals surface area contributed by atoms with E-state index in [-0.39, 0.29) is 17.8 Å². The zero-order valence-corrected chi connectivity index (χ0v) is 16.5. The number of anilines is 1. The summed E-state index contributed by atoms with van der Waals surface area (Å²) in [5, 5.41) is 4.43. The summed E-state index contributed by atoms with van der Waals surface area (Å²) < 4.78 is 7.65. The smallest absolute Gasteiger partial charge is 0.255 e. The van der Waals surface area contributed by atoms with Crippen molar-refractivity contribution in [1.82, 2.24) is 24.6 Å². The fourth-order valence-corrected chi connectivity index (χ4v) is 4.16. The molecule has 0 radical (unpaired) electrons. The molecule has 0 unspecified atom stereocenters. The highest BCUT2D eigenvalue weighted by molar-refractivity contribution is 5.35. The molecule has 1 saturated heterocycles. The van der Waals surface area contributed by atoms with Gasteiger partial charge in [-0.25, -0.2) is 4.98 Å². The first kappa shape index (κ1) is 18.2. The van der Waals surface area contributed by atoms with Crippen molar-refractivity contribution >= 4 is 5.95 Å². The van der Waals surface area contributed by atoms with Gasteiger partial charge in [0.05, 0.1) is 23.6 Å². The lowest BCUT2D eigenvalue weighted by atomic mass is 10.1. The molecule has 2 aliphatic heterocycles. The second-order valence-electron chi connectivity index (χ2n) is 7.85. The average molecular weight is 372 g/mol. The second-order valence-corrected chi connectivity index (χ2v) is 7.85. The number of H-pyrrole nitrogens is 1. The van der Waals surface area contributed by atoms with Gasteiger partial charge in [0.2, 0.25) is 5.95 Å². The molecule has 2 aromatic rings. The van der Waals surface area contributed by atoms with Crippen LogP contribution in [0.3, 0.4) is 0 Å². The van der Waals surface area contributed by atoms with Crippen LogP contribution in [0, 0.1) is 6.92 Å². The van der Waals surface area contributed by atoms with Gasteiger partial charge in [0.1, 0.15) is 0 Å². The summed E-state index contributed by atoms with van der Waals surface area (Å²) in [5.74, 6) is 0.667. The van der Waals surface area contributed by atoms with Gasteiger partial charge >= 0.3 is 0 Å². The van der Waals surface area contributed by atoms with Crippen molar-refractivity contribution < 1.29 is 4.74 Å². The first-order chi connectivity index (χ1) is 12.9. The third kappa shape index (κ3) is 3.77. The van der Waals surface area contributed by atoms with Gasteiger partial charge in [-0.2, -0.15) is 5.10 Å². The summed E-state index contributed by atoms with van der Waals surface area (Å²) in [4.78, 5) is 24.9. The zero-order chi connectivity index (χ0) is 19.1. The predicted octanol–water partition coefficient (Wildman–Crippen LogP) is 0.984. The number of rotatable bonds is 3. The van der Waals surface area contributed by atoms with Crippen molar-refractivity contribution in [1.29, 1.82) is 0 Å². The Hall–Kier alpha value is -2.19. The Balaban J connectivity index is 1.56. The molecule has 4 heterocycles.